The molecule has 0 saturated heterocycles. The van der Waals surface area contributed by atoms with Crippen LogP contribution >= 0.6 is 22.6 Å². The summed E-state index contributed by atoms with van der Waals surface area (Å²) in [5.74, 6) is 1.26. The van der Waals surface area contributed by atoms with E-state index in [2.05, 4.69) is 41.8 Å². The van der Waals surface area contributed by atoms with Gasteiger partial charge in [-0.3, -0.25) is 4.79 Å². The lowest BCUT2D eigenvalue weighted by atomic mass is 10.0. The van der Waals surface area contributed by atoms with Crippen molar-refractivity contribution in [3.8, 4) is 5.75 Å². The first kappa shape index (κ1) is 20.5. The third-order valence-corrected chi connectivity index (χ3v) is 5.09. The Kier molecular flexibility index (Phi) is 9.03. The van der Waals surface area contributed by atoms with Crippen molar-refractivity contribution >= 4 is 28.6 Å². The van der Waals surface area contributed by atoms with E-state index in [1.807, 2.05) is 24.3 Å². The van der Waals surface area contributed by atoms with Crippen molar-refractivity contribution in [2.45, 2.75) is 64.5 Å². The summed E-state index contributed by atoms with van der Waals surface area (Å²) in [7, 11) is 0. The summed E-state index contributed by atoms with van der Waals surface area (Å²) in [5.41, 5.74) is 0. The van der Waals surface area contributed by atoms with E-state index >= 15 is 0 Å². The van der Waals surface area contributed by atoms with Gasteiger partial charge in [-0.2, -0.15) is 0 Å². The summed E-state index contributed by atoms with van der Waals surface area (Å²) >= 11 is 2.28. The molecule has 1 aliphatic rings. The number of hydrogen-bond acceptors (Lipinski definition) is 4. The monoisotopic (exact) mass is 459 g/mol. The number of ether oxygens (including phenoxy) is 2. The van der Waals surface area contributed by atoms with Crippen LogP contribution in [0.5, 0.6) is 5.75 Å². The zero-order chi connectivity index (χ0) is 18.1. The van der Waals surface area contributed by atoms with Crippen LogP contribution in [-0.2, 0) is 9.53 Å². The Balaban J connectivity index is 1.69. The van der Waals surface area contributed by atoms with Gasteiger partial charge in [0, 0.05) is 3.57 Å². The Labute approximate surface area is 165 Å². The normalized spacial score (nSPS) is 16.2. The molecular formula is C20H30INO3. The van der Waals surface area contributed by atoms with Gasteiger partial charge < -0.3 is 14.8 Å². The molecule has 2 rings (SSSR count). The van der Waals surface area contributed by atoms with E-state index < -0.39 is 0 Å². The molecule has 5 heteroatoms. The zero-order valence-electron chi connectivity index (χ0n) is 15.3. The summed E-state index contributed by atoms with van der Waals surface area (Å²) in [6.07, 6.45) is 6.19. The Morgan fingerprint density at radius 1 is 1.24 bits per heavy atom. The van der Waals surface area contributed by atoms with Gasteiger partial charge in [-0.15, -0.1) is 0 Å². The topological polar surface area (TPSA) is 47.6 Å². The molecule has 0 aromatic heterocycles. The SMILES string of the molecule is CC(C)C[C@H](NCCCOc1ccc(I)cc1)C(=O)OC1CCCC1. The molecule has 0 spiro atoms. The molecule has 1 saturated carbocycles. The predicted octanol–water partition coefficient (Wildman–Crippen LogP) is 4.55. The predicted molar refractivity (Wildman–Crippen MR) is 109 cm³/mol. The number of esters is 1. The number of rotatable bonds is 10. The highest BCUT2D eigenvalue weighted by atomic mass is 127. The molecule has 1 N–H and O–H groups in total. The van der Waals surface area contributed by atoms with Crippen molar-refractivity contribution in [1.82, 2.24) is 5.32 Å². The molecule has 0 heterocycles. The molecule has 4 nitrogen and oxygen atoms in total. The van der Waals surface area contributed by atoms with Crippen molar-refractivity contribution in [2.24, 2.45) is 5.92 Å². The van der Waals surface area contributed by atoms with Gasteiger partial charge in [0.05, 0.1) is 6.61 Å². The zero-order valence-corrected chi connectivity index (χ0v) is 17.5. The molecule has 0 unspecified atom stereocenters. The van der Waals surface area contributed by atoms with Crippen LogP contribution in [0.25, 0.3) is 0 Å². The Hall–Kier alpha value is -0.820. The van der Waals surface area contributed by atoms with E-state index in [-0.39, 0.29) is 18.1 Å². The fourth-order valence-corrected chi connectivity index (χ4v) is 3.42. The molecule has 1 aromatic carbocycles. The molecule has 0 bridgehead atoms. The van der Waals surface area contributed by atoms with E-state index in [1.54, 1.807) is 0 Å². The van der Waals surface area contributed by atoms with Crippen LogP contribution in [0.1, 0.15) is 52.4 Å². The average Bonchev–Trinajstić information content (AvgIpc) is 3.07. The van der Waals surface area contributed by atoms with E-state index in [4.69, 9.17) is 9.47 Å². The molecule has 140 valence electrons. The lowest BCUT2D eigenvalue weighted by molar-refractivity contribution is -0.151. The third-order valence-electron chi connectivity index (χ3n) is 4.37. The second kappa shape index (κ2) is 11.0. The molecular weight excluding hydrogens is 429 g/mol. The van der Waals surface area contributed by atoms with Gasteiger partial charge in [0.1, 0.15) is 17.9 Å². The molecule has 25 heavy (non-hydrogen) atoms. The van der Waals surface area contributed by atoms with Gasteiger partial charge in [-0.05, 0) is 97.8 Å². The van der Waals surface area contributed by atoms with Crippen molar-refractivity contribution in [3.05, 3.63) is 27.8 Å². The van der Waals surface area contributed by atoms with Gasteiger partial charge in [0.25, 0.3) is 0 Å². The minimum Gasteiger partial charge on any atom is -0.494 e. The van der Waals surface area contributed by atoms with E-state index in [0.29, 0.717) is 12.5 Å². The third kappa shape index (κ3) is 7.94. The lowest BCUT2D eigenvalue weighted by Crippen LogP contribution is -2.41. The van der Waals surface area contributed by atoms with Crippen molar-refractivity contribution in [1.29, 1.82) is 0 Å². The molecule has 1 aromatic rings. The van der Waals surface area contributed by atoms with Gasteiger partial charge in [0.2, 0.25) is 0 Å². The van der Waals surface area contributed by atoms with Crippen LogP contribution in [0.15, 0.2) is 24.3 Å². The van der Waals surface area contributed by atoms with Crippen LogP contribution in [0.3, 0.4) is 0 Å². The Morgan fingerprint density at radius 3 is 2.56 bits per heavy atom. The van der Waals surface area contributed by atoms with Crippen LogP contribution in [0, 0.1) is 9.49 Å². The summed E-state index contributed by atoms with van der Waals surface area (Å²) in [6, 6.07) is 7.82. The largest absolute Gasteiger partial charge is 0.494 e. The number of nitrogens with one attached hydrogen (secondary N) is 1. The number of carbonyl (C=O) groups is 1. The van der Waals surface area contributed by atoms with E-state index in [0.717, 1.165) is 38.0 Å². The van der Waals surface area contributed by atoms with Crippen molar-refractivity contribution < 1.29 is 14.3 Å². The molecule has 1 fully saturated rings. The summed E-state index contributed by atoms with van der Waals surface area (Å²) < 4.78 is 12.6. The fraction of sp³-hybridized carbons (Fsp3) is 0.650. The first-order valence-corrected chi connectivity index (χ1v) is 10.4. The smallest absolute Gasteiger partial charge is 0.323 e. The Bertz CT molecular complexity index is 512. The van der Waals surface area contributed by atoms with Crippen LogP contribution < -0.4 is 10.1 Å². The number of carbonyl (C=O) groups excluding carboxylic acids is 1. The first-order valence-electron chi connectivity index (χ1n) is 9.37. The Morgan fingerprint density at radius 2 is 1.92 bits per heavy atom. The van der Waals surface area contributed by atoms with Gasteiger partial charge in [-0.1, -0.05) is 13.8 Å². The van der Waals surface area contributed by atoms with E-state index in [9.17, 15) is 4.79 Å². The maximum absolute atomic E-state index is 12.4. The highest BCUT2D eigenvalue weighted by molar-refractivity contribution is 14.1. The highest BCUT2D eigenvalue weighted by Crippen LogP contribution is 2.22. The van der Waals surface area contributed by atoms with Crippen LogP contribution in [0.4, 0.5) is 0 Å². The van der Waals surface area contributed by atoms with Gasteiger partial charge in [-0.25, -0.2) is 0 Å². The number of benzene rings is 1. The lowest BCUT2D eigenvalue weighted by Gasteiger charge is -2.21. The average molecular weight is 459 g/mol. The summed E-state index contributed by atoms with van der Waals surface area (Å²) in [5, 5.41) is 3.36. The molecule has 1 aliphatic carbocycles. The summed E-state index contributed by atoms with van der Waals surface area (Å²) in [4.78, 5) is 12.4. The van der Waals surface area contributed by atoms with Crippen molar-refractivity contribution in [3.63, 3.8) is 0 Å². The fourth-order valence-electron chi connectivity index (χ4n) is 3.06. The van der Waals surface area contributed by atoms with Crippen molar-refractivity contribution in [2.75, 3.05) is 13.2 Å². The molecule has 0 aliphatic heterocycles. The van der Waals surface area contributed by atoms with Gasteiger partial charge >= 0.3 is 5.97 Å². The standard InChI is InChI=1S/C20H30INO3/c1-15(2)14-19(20(23)25-18-6-3-4-7-18)22-12-5-13-24-17-10-8-16(21)9-11-17/h8-11,15,18-19,22H,3-7,12-14H2,1-2H3/t19-/m0/s1. The molecule has 1 atom stereocenters. The summed E-state index contributed by atoms with van der Waals surface area (Å²) in [6.45, 7) is 5.66. The highest BCUT2D eigenvalue weighted by Gasteiger charge is 2.25. The van der Waals surface area contributed by atoms with Gasteiger partial charge in [0.15, 0.2) is 0 Å². The minimum absolute atomic E-state index is 0.0841. The second-order valence-corrected chi connectivity index (χ2v) is 8.38. The minimum atomic E-state index is -0.209. The molecule has 0 amide bonds. The quantitative estimate of drug-likeness (QED) is 0.317. The first-order chi connectivity index (χ1) is 12.0. The van der Waals surface area contributed by atoms with Crippen LogP contribution in [0.2, 0.25) is 0 Å². The molecule has 0 radical (unpaired) electrons. The maximum atomic E-state index is 12.4. The van der Waals surface area contributed by atoms with E-state index in [1.165, 1.54) is 16.4 Å². The maximum Gasteiger partial charge on any atom is 0.323 e. The van der Waals surface area contributed by atoms with Crippen LogP contribution in [-0.4, -0.2) is 31.3 Å². The number of hydrogen-bond donors (Lipinski definition) is 1. The number of halogens is 1. The second-order valence-electron chi connectivity index (χ2n) is 7.14.